The molecule has 0 atom stereocenters. The molecule has 0 fully saturated rings. The van der Waals surface area contributed by atoms with Gasteiger partial charge in [-0.05, 0) is 16.7 Å². The van der Waals surface area contributed by atoms with E-state index in [9.17, 15) is 0 Å². The third-order valence-electron chi connectivity index (χ3n) is 4.01. The number of aromatic nitrogens is 3. The van der Waals surface area contributed by atoms with Crippen molar-refractivity contribution in [3.8, 4) is 22.3 Å². The Morgan fingerprint density at radius 3 is 2.22 bits per heavy atom. The van der Waals surface area contributed by atoms with Crippen LogP contribution < -0.4 is 0 Å². The van der Waals surface area contributed by atoms with Gasteiger partial charge in [-0.2, -0.15) is 0 Å². The molecule has 0 saturated heterocycles. The molecule has 0 aliphatic rings. The van der Waals surface area contributed by atoms with Crippen LogP contribution in [0.3, 0.4) is 0 Å². The molecule has 2 heterocycles. The molecule has 2 aromatic carbocycles. The van der Waals surface area contributed by atoms with E-state index in [0.717, 1.165) is 22.2 Å². The van der Waals surface area contributed by atoms with Gasteiger partial charge < -0.3 is 4.57 Å². The summed E-state index contributed by atoms with van der Waals surface area (Å²) in [5.74, 6) is 0. The van der Waals surface area contributed by atoms with E-state index in [1.807, 2.05) is 36.0 Å². The molecule has 0 radical (unpaired) electrons. The summed E-state index contributed by atoms with van der Waals surface area (Å²) in [6, 6.07) is 18.8. The molecule has 3 nitrogen and oxygen atoms in total. The van der Waals surface area contributed by atoms with Crippen LogP contribution in [0.1, 0.15) is 0 Å². The molecule has 0 aliphatic heterocycles. The highest BCUT2D eigenvalue weighted by Crippen LogP contribution is 2.33. The van der Waals surface area contributed by atoms with Crippen molar-refractivity contribution in [2.75, 3.05) is 0 Å². The summed E-state index contributed by atoms with van der Waals surface area (Å²) in [6.07, 6.45) is 3.54. The van der Waals surface area contributed by atoms with Gasteiger partial charge in [0.05, 0.1) is 5.39 Å². The van der Waals surface area contributed by atoms with Crippen LogP contribution in [0.15, 0.2) is 67.1 Å². The maximum absolute atomic E-state index is 6.29. The van der Waals surface area contributed by atoms with Gasteiger partial charge >= 0.3 is 0 Å². The van der Waals surface area contributed by atoms with Gasteiger partial charge in [-0.3, -0.25) is 0 Å². The zero-order chi connectivity index (χ0) is 15.8. The molecular weight excluding hydrogens is 306 g/mol. The molecule has 4 aromatic rings. The molecule has 4 heteroatoms. The second-order valence-corrected chi connectivity index (χ2v) is 5.82. The number of benzene rings is 2. The molecule has 0 bridgehead atoms. The monoisotopic (exact) mass is 319 g/mol. The molecule has 0 spiro atoms. The Hall–Kier alpha value is -2.65. The maximum atomic E-state index is 6.29. The van der Waals surface area contributed by atoms with Crippen LogP contribution in [-0.4, -0.2) is 14.5 Å². The highest BCUT2D eigenvalue weighted by atomic mass is 35.5. The Morgan fingerprint density at radius 2 is 1.48 bits per heavy atom. The van der Waals surface area contributed by atoms with E-state index in [1.54, 1.807) is 0 Å². The number of hydrogen-bond donors (Lipinski definition) is 0. The third-order valence-corrected chi connectivity index (χ3v) is 4.30. The first kappa shape index (κ1) is 14.0. The normalized spacial score (nSPS) is 11.0. The molecule has 0 N–H and O–H groups in total. The Balaban J connectivity index is 1.83. The molecule has 112 valence electrons. The first-order valence-corrected chi connectivity index (χ1v) is 7.73. The topological polar surface area (TPSA) is 30.7 Å². The predicted octanol–water partition coefficient (Wildman–Crippen LogP) is 4.96. The Morgan fingerprint density at radius 1 is 0.826 bits per heavy atom. The molecule has 0 aliphatic carbocycles. The lowest BCUT2D eigenvalue weighted by molar-refractivity contribution is 0.944. The number of aryl methyl sites for hydroxylation is 1. The van der Waals surface area contributed by atoms with Crippen LogP contribution in [0.5, 0.6) is 0 Å². The van der Waals surface area contributed by atoms with Gasteiger partial charge in [0.2, 0.25) is 0 Å². The number of fused-ring (bicyclic) bond motifs is 1. The Bertz CT molecular complexity index is 973. The minimum absolute atomic E-state index is 0.484. The van der Waals surface area contributed by atoms with Crippen LogP contribution in [-0.2, 0) is 7.05 Å². The highest BCUT2D eigenvalue weighted by molar-refractivity contribution is 6.35. The van der Waals surface area contributed by atoms with Crippen molar-refractivity contribution in [2.45, 2.75) is 0 Å². The van der Waals surface area contributed by atoms with E-state index in [2.05, 4.69) is 46.4 Å². The standard InChI is InChI=1S/C19H14ClN3/c1-23-11-16(17-18(20)21-12-22-19(17)23)15-9-7-14(8-10-15)13-5-3-2-4-6-13/h2-12H,1H3. The zero-order valence-electron chi connectivity index (χ0n) is 12.6. The lowest BCUT2D eigenvalue weighted by Crippen LogP contribution is -1.88. The Kier molecular flexibility index (Phi) is 3.36. The predicted molar refractivity (Wildman–Crippen MR) is 94.4 cm³/mol. The molecule has 23 heavy (non-hydrogen) atoms. The number of nitrogens with zero attached hydrogens (tertiary/aromatic N) is 3. The average Bonchev–Trinajstić information content (AvgIpc) is 2.94. The fourth-order valence-corrected chi connectivity index (χ4v) is 3.10. The Labute approximate surface area is 139 Å². The highest BCUT2D eigenvalue weighted by Gasteiger charge is 2.13. The van der Waals surface area contributed by atoms with Crippen molar-refractivity contribution in [3.05, 3.63) is 72.3 Å². The van der Waals surface area contributed by atoms with E-state index in [4.69, 9.17) is 11.6 Å². The van der Waals surface area contributed by atoms with Gasteiger partial charge in [0.1, 0.15) is 17.1 Å². The van der Waals surface area contributed by atoms with Crippen LogP contribution in [0.2, 0.25) is 5.15 Å². The van der Waals surface area contributed by atoms with Gasteiger partial charge in [0, 0.05) is 18.8 Å². The summed E-state index contributed by atoms with van der Waals surface area (Å²) in [5, 5.41) is 1.38. The first-order valence-electron chi connectivity index (χ1n) is 7.35. The lowest BCUT2D eigenvalue weighted by Gasteiger charge is -2.04. The molecular formula is C19H14ClN3. The molecule has 0 saturated carbocycles. The van der Waals surface area contributed by atoms with E-state index in [0.29, 0.717) is 5.15 Å². The molecule has 0 unspecified atom stereocenters. The lowest BCUT2D eigenvalue weighted by atomic mass is 10.0. The number of hydrogen-bond acceptors (Lipinski definition) is 2. The van der Waals surface area contributed by atoms with E-state index >= 15 is 0 Å². The van der Waals surface area contributed by atoms with Crippen molar-refractivity contribution >= 4 is 22.6 Å². The maximum Gasteiger partial charge on any atom is 0.145 e. The fourth-order valence-electron chi connectivity index (χ4n) is 2.87. The van der Waals surface area contributed by atoms with Crippen LogP contribution in [0, 0.1) is 0 Å². The van der Waals surface area contributed by atoms with Gasteiger partial charge in [-0.1, -0.05) is 66.2 Å². The van der Waals surface area contributed by atoms with Crippen LogP contribution in [0.25, 0.3) is 33.3 Å². The largest absolute Gasteiger partial charge is 0.335 e. The first-order chi connectivity index (χ1) is 11.2. The fraction of sp³-hybridized carbons (Fsp3) is 0.0526. The van der Waals surface area contributed by atoms with Crippen LogP contribution >= 0.6 is 11.6 Å². The van der Waals surface area contributed by atoms with Crippen molar-refractivity contribution in [3.63, 3.8) is 0 Å². The van der Waals surface area contributed by atoms with Crippen molar-refractivity contribution < 1.29 is 0 Å². The quantitative estimate of drug-likeness (QED) is 0.489. The van der Waals surface area contributed by atoms with E-state index < -0.39 is 0 Å². The smallest absolute Gasteiger partial charge is 0.145 e. The minimum Gasteiger partial charge on any atom is -0.335 e. The number of halogens is 1. The third kappa shape index (κ3) is 2.39. The van der Waals surface area contributed by atoms with Crippen molar-refractivity contribution in [1.29, 1.82) is 0 Å². The molecule has 0 amide bonds. The second kappa shape index (κ2) is 5.52. The molecule has 2 aromatic heterocycles. The summed E-state index contributed by atoms with van der Waals surface area (Å²) in [4.78, 5) is 8.43. The second-order valence-electron chi connectivity index (χ2n) is 5.46. The van der Waals surface area contributed by atoms with Crippen LogP contribution in [0.4, 0.5) is 0 Å². The van der Waals surface area contributed by atoms with Crippen molar-refractivity contribution in [1.82, 2.24) is 14.5 Å². The van der Waals surface area contributed by atoms with Gasteiger partial charge in [0.25, 0.3) is 0 Å². The summed E-state index contributed by atoms with van der Waals surface area (Å²) < 4.78 is 1.98. The number of rotatable bonds is 2. The van der Waals surface area contributed by atoms with E-state index in [1.165, 1.54) is 17.5 Å². The summed E-state index contributed by atoms with van der Waals surface area (Å²) in [6.45, 7) is 0. The molecule has 4 rings (SSSR count). The zero-order valence-corrected chi connectivity index (χ0v) is 13.3. The van der Waals surface area contributed by atoms with Gasteiger partial charge in [0.15, 0.2) is 0 Å². The summed E-state index contributed by atoms with van der Waals surface area (Å²) in [5.41, 5.74) is 5.39. The summed E-state index contributed by atoms with van der Waals surface area (Å²) >= 11 is 6.29. The average molecular weight is 320 g/mol. The summed E-state index contributed by atoms with van der Waals surface area (Å²) in [7, 11) is 1.97. The van der Waals surface area contributed by atoms with Gasteiger partial charge in [-0.25, -0.2) is 9.97 Å². The van der Waals surface area contributed by atoms with Crippen molar-refractivity contribution in [2.24, 2.45) is 7.05 Å². The van der Waals surface area contributed by atoms with Gasteiger partial charge in [-0.15, -0.1) is 0 Å². The van der Waals surface area contributed by atoms with E-state index in [-0.39, 0.29) is 0 Å². The minimum atomic E-state index is 0.484. The SMILES string of the molecule is Cn1cc(-c2ccc(-c3ccccc3)cc2)c2c(Cl)ncnc21.